The molecule has 1 unspecified atom stereocenters. The predicted molar refractivity (Wildman–Crippen MR) is 120 cm³/mol. The van der Waals surface area contributed by atoms with Gasteiger partial charge in [0.1, 0.15) is 23.8 Å². The molecule has 1 saturated carbocycles. The van der Waals surface area contributed by atoms with Gasteiger partial charge in [0.2, 0.25) is 5.03 Å². The second-order valence-electron chi connectivity index (χ2n) is 8.12. The third kappa shape index (κ3) is 4.72. The number of aromatic amines is 1. The quantitative estimate of drug-likeness (QED) is 0.405. The van der Waals surface area contributed by atoms with Crippen LogP contribution in [0, 0.1) is 0 Å². The lowest BCUT2D eigenvalue weighted by atomic mass is 10.1. The molecule has 2 heterocycles. The molecule has 4 aromatic rings. The van der Waals surface area contributed by atoms with Crippen LogP contribution in [0.5, 0.6) is 0 Å². The molecule has 2 N–H and O–H groups in total. The van der Waals surface area contributed by atoms with Gasteiger partial charge in [-0.3, -0.25) is 9.00 Å². The van der Waals surface area contributed by atoms with Crippen molar-refractivity contribution in [3.63, 3.8) is 0 Å². The molecule has 1 atom stereocenters. The highest BCUT2D eigenvalue weighted by Gasteiger charge is 2.34. The first kappa shape index (κ1) is 22.3. The Bertz CT molecular complexity index is 1380. The van der Waals surface area contributed by atoms with Crippen molar-refractivity contribution in [2.75, 3.05) is 5.75 Å². The molecule has 2 aromatic carbocycles. The van der Waals surface area contributed by atoms with Gasteiger partial charge in [-0.15, -0.1) is 0 Å². The van der Waals surface area contributed by atoms with Gasteiger partial charge in [0.05, 0.1) is 10.8 Å². The summed E-state index contributed by atoms with van der Waals surface area (Å²) in [5, 5.41) is 2.76. The Hall–Kier alpha value is -3.53. The molecule has 1 aliphatic carbocycles. The van der Waals surface area contributed by atoms with Crippen LogP contribution in [0.1, 0.15) is 23.2 Å². The van der Waals surface area contributed by atoms with Crippen molar-refractivity contribution in [2.24, 2.45) is 0 Å². The third-order valence-corrected chi connectivity index (χ3v) is 6.76. The second kappa shape index (κ2) is 8.68. The predicted octanol–water partition coefficient (Wildman–Crippen LogP) is 4.04. The standard InChI is InChI=1S/C24H19F3N4O2S/c25-24(26,27)14-34(33)23-21-28-12-20(31(21)13-19(30-23)15-4-2-1-3-5-15)16-6-8-17(9-7-16)22(32)29-18-10-11-18/h1-9,12-13,18H,10-11,14H2,(H,29,32)/p+1. The Morgan fingerprint density at radius 3 is 2.44 bits per heavy atom. The summed E-state index contributed by atoms with van der Waals surface area (Å²) >= 11 is 0. The number of alkyl halides is 3. The lowest BCUT2D eigenvalue weighted by Gasteiger charge is -2.07. The van der Waals surface area contributed by atoms with Gasteiger partial charge in [0, 0.05) is 22.7 Å². The molecular weight excluding hydrogens is 465 g/mol. The minimum absolute atomic E-state index is 0.138. The van der Waals surface area contributed by atoms with Gasteiger partial charge in [-0.05, 0) is 37.1 Å². The van der Waals surface area contributed by atoms with E-state index < -0.39 is 22.7 Å². The number of halogens is 3. The second-order valence-corrected chi connectivity index (χ2v) is 9.49. The number of aromatic nitrogens is 3. The molecule has 1 amide bonds. The zero-order chi connectivity index (χ0) is 23.9. The summed E-state index contributed by atoms with van der Waals surface area (Å²) in [4.78, 5) is 19.5. The number of benzene rings is 2. The maximum Gasteiger partial charge on any atom is 0.400 e. The summed E-state index contributed by atoms with van der Waals surface area (Å²) in [6.07, 6.45) is 0.702. The van der Waals surface area contributed by atoms with E-state index >= 15 is 0 Å². The molecule has 0 bridgehead atoms. The number of amides is 1. The fourth-order valence-corrected chi connectivity index (χ4v) is 4.65. The number of nitrogens with one attached hydrogen (secondary N) is 2. The lowest BCUT2D eigenvalue weighted by molar-refractivity contribution is -0.499. The third-order valence-electron chi connectivity index (χ3n) is 5.46. The molecule has 0 spiro atoms. The average Bonchev–Trinajstić information content (AvgIpc) is 3.53. The van der Waals surface area contributed by atoms with Crippen LogP contribution in [-0.4, -0.2) is 38.1 Å². The van der Waals surface area contributed by atoms with Crippen LogP contribution in [0.25, 0.3) is 28.2 Å². The number of nitrogens with zero attached hydrogens (tertiary/aromatic N) is 2. The number of H-pyrrole nitrogens is 1. The lowest BCUT2D eigenvalue weighted by Crippen LogP contribution is -2.27. The summed E-state index contributed by atoms with van der Waals surface area (Å²) in [6.45, 7) is 0. The molecule has 6 nitrogen and oxygen atoms in total. The number of hydrogen-bond donors (Lipinski definition) is 2. The van der Waals surface area contributed by atoms with E-state index in [0.29, 0.717) is 22.5 Å². The number of hydrogen-bond acceptors (Lipinski definition) is 3. The van der Waals surface area contributed by atoms with E-state index in [1.165, 1.54) is 0 Å². The van der Waals surface area contributed by atoms with Crippen molar-refractivity contribution in [1.82, 2.24) is 15.3 Å². The summed E-state index contributed by atoms with van der Waals surface area (Å²) in [7, 11) is -2.41. The van der Waals surface area contributed by atoms with E-state index in [1.54, 1.807) is 65.3 Å². The van der Waals surface area contributed by atoms with E-state index in [9.17, 15) is 22.2 Å². The molecule has 2 aromatic heterocycles. The summed E-state index contributed by atoms with van der Waals surface area (Å²) in [5.74, 6) is -1.63. The van der Waals surface area contributed by atoms with Crippen LogP contribution in [0.2, 0.25) is 0 Å². The van der Waals surface area contributed by atoms with Gasteiger partial charge >= 0.3 is 11.8 Å². The van der Waals surface area contributed by atoms with Crippen LogP contribution in [0.4, 0.5) is 13.2 Å². The Morgan fingerprint density at radius 1 is 1.09 bits per heavy atom. The maximum atomic E-state index is 13.0. The summed E-state index contributed by atoms with van der Waals surface area (Å²) < 4.78 is 53.3. The van der Waals surface area contributed by atoms with Crippen LogP contribution in [0.3, 0.4) is 0 Å². The number of carbonyl (C=O) groups is 1. The Morgan fingerprint density at radius 2 is 1.79 bits per heavy atom. The number of carbonyl (C=O) groups excluding carboxylic acids is 1. The van der Waals surface area contributed by atoms with E-state index in [-0.39, 0.29) is 22.6 Å². The largest absolute Gasteiger partial charge is 0.400 e. The van der Waals surface area contributed by atoms with Crippen molar-refractivity contribution in [2.45, 2.75) is 30.1 Å². The van der Waals surface area contributed by atoms with E-state index in [1.807, 2.05) is 6.07 Å². The zero-order valence-corrected chi connectivity index (χ0v) is 18.6. The van der Waals surface area contributed by atoms with Crippen molar-refractivity contribution in [1.29, 1.82) is 0 Å². The van der Waals surface area contributed by atoms with Gasteiger partial charge in [-0.25, -0.2) is 9.97 Å². The van der Waals surface area contributed by atoms with Gasteiger partial charge in [0.15, 0.2) is 5.69 Å². The van der Waals surface area contributed by atoms with Crippen LogP contribution >= 0.6 is 0 Å². The fraction of sp³-hybridized carbons (Fsp3) is 0.208. The monoisotopic (exact) mass is 485 g/mol. The Kier molecular flexibility index (Phi) is 5.68. The van der Waals surface area contributed by atoms with Gasteiger partial charge in [0.25, 0.3) is 5.91 Å². The highest BCUT2D eigenvalue weighted by Crippen LogP contribution is 2.25. The topological polar surface area (TPSA) is 78.9 Å². The van der Waals surface area contributed by atoms with E-state index in [2.05, 4.69) is 15.3 Å². The van der Waals surface area contributed by atoms with Crippen molar-refractivity contribution >= 4 is 22.4 Å². The molecule has 5 rings (SSSR count). The van der Waals surface area contributed by atoms with E-state index in [0.717, 1.165) is 18.4 Å². The molecule has 0 aliphatic heterocycles. The SMILES string of the molecule is O=C(NC1CC1)c1ccc(-c2c[nH]c3c(S(=O)CC(F)(F)F)nc(-c4ccccc4)c[n+]23)cc1. The minimum Gasteiger partial charge on any atom is -0.349 e. The zero-order valence-electron chi connectivity index (χ0n) is 17.8. The molecule has 1 aliphatic rings. The minimum atomic E-state index is -4.60. The molecule has 174 valence electrons. The van der Waals surface area contributed by atoms with Gasteiger partial charge < -0.3 is 5.32 Å². The average molecular weight is 486 g/mol. The van der Waals surface area contributed by atoms with Gasteiger partial charge in [-0.1, -0.05) is 30.3 Å². The molecule has 0 radical (unpaired) electrons. The van der Waals surface area contributed by atoms with Crippen molar-refractivity contribution in [3.05, 3.63) is 72.6 Å². The Balaban J connectivity index is 1.58. The van der Waals surface area contributed by atoms with Crippen LogP contribution in [0.15, 0.2) is 72.0 Å². The first-order valence-electron chi connectivity index (χ1n) is 10.6. The maximum absolute atomic E-state index is 13.0. The first-order chi connectivity index (χ1) is 16.3. The van der Waals surface area contributed by atoms with Crippen molar-refractivity contribution in [3.8, 4) is 22.5 Å². The highest BCUT2D eigenvalue weighted by atomic mass is 32.2. The van der Waals surface area contributed by atoms with Gasteiger partial charge in [-0.2, -0.15) is 17.6 Å². The number of imidazole rings is 1. The van der Waals surface area contributed by atoms with Crippen molar-refractivity contribution < 1.29 is 26.6 Å². The molecule has 34 heavy (non-hydrogen) atoms. The summed E-state index contributed by atoms with van der Waals surface area (Å²) in [5.41, 5.74) is 3.18. The Labute approximate surface area is 195 Å². The fourth-order valence-electron chi connectivity index (χ4n) is 3.64. The highest BCUT2D eigenvalue weighted by molar-refractivity contribution is 7.85. The normalized spacial score (nSPS) is 14.8. The molecule has 0 saturated heterocycles. The first-order valence-corrected chi connectivity index (χ1v) is 12.0. The molecule has 1 fully saturated rings. The molecular formula is C24H20F3N4O2S+. The summed E-state index contributed by atoms with van der Waals surface area (Å²) in [6, 6.07) is 16.2. The van der Waals surface area contributed by atoms with Crippen LogP contribution < -0.4 is 9.72 Å². The van der Waals surface area contributed by atoms with E-state index in [4.69, 9.17) is 0 Å². The van der Waals surface area contributed by atoms with Crippen LogP contribution in [-0.2, 0) is 10.8 Å². The smallest absolute Gasteiger partial charge is 0.349 e. The number of rotatable bonds is 6. The number of fused-ring (bicyclic) bond motifs is 1. The molecule has 10 heteroatoms.